The number of unbranched alkanes of at least 4 members (excludes halogenated alkanes) is 9. The summed E-state index contributed by atoms with van der Waals surface area (Å²) in [6.07, 6.45) is 21.0. The SMILES string of the molecule is CCCCCCCCCCCn1cc[n+](C)c1CCCC. The highest BCUT2D eigenvalue weighted by atomic mass is 15.1. The standard InChI is InChI=1S/C19H37N2/c1-4-6-8-9-10-11-12-13-14-16-21-18-17-20(3)19(21)15-7-5-2/h17-18H,4-16H2,1-3H3/q+1. The lowest BCUT2D eigenvalue weighted by atomic mass is 10.1. The van der Waals surface area contributed by atoms with Crippen molar-refractivity contribution in [1.82, 2.24) is 4.57 Å². The lowest BCUT2D eigenvalue weighted by Crippen LogP contribution is -2.32. The summed E-state index contributed by atoms with van der Waals surface area (Å²) in [5, 5.41) is 0. The summed E-state index contributed by atoms with van der Waals surface area (Å²) in [5.74, 6) is 1.50. The minimum atomic E-state index is 1.20. The van der Waals surface area contributed by atoms with Crippen molar-refractivity contribution in [2.45, 2.75) is 97.4 Å². The van der Waals surface area contributed by atoms with Crippen molar-refractivity contribution in [3.8, 4) is 0 Å². The Morgan fingerprint density at radius 3 is 2.00 bits per heavy atom. The van der Waals surface area contributed by atoms with Crippen LogP contribution in [0.4, 0.5) is 0 Å². The smallest absolute Gasteiger partial charge is 0.237 e. The molecule has 21 heavy (non-hydrogen) atoms. The highest BCUT2D eigenvalue weighted by Crippen LogP contribution is 2.11. The largest absolute Gasteiger partial charge is 0.256 e. The molecule has 0 saturated carbocycles. The van der Waals surface area contributed by atoms with E-state index in [0.717, 1.165) is 0 Å². The molecule has 0 saturated heterocycles. The van der Waals surface area contributed by atoms with Crippen LogP contribution in [0.15, 0.2) is 12.4 Å². The second-order valence-electron chi connectivity index (χ2n) is 6.45. The van der Waals surface area contributed by atoms with Crippen molar-refractivity contribution in [2.24, 2.45) is 7.05 Å². The Hall–Kier alpha value is -0.790. The molecular formula is C19H37N2+. The van der Waals surface area contributed by atoms with E-state index >= 15 is 0 Å². The van der Waals surface area contributed by atoms with Crippen LogP contribution in [0.3, 0.4) is 0 Å². The monoisotopic (exact) mass is 293 g/mol. The van der Waals surface area contributed by atoms with E-state index in [1.807, 2.05) is 0 Å². The zero-order valence-corrected chi connectivity index (χ0v) is 14.7. The summed E-state index contributed by atoms with van der Waals surface area (Å²) in [4.78, 5) is 0. The summed E-state index contributed by atoms with van der Waals surface area (Å²) < 4.78 is 4.76. The second kappa shape index (κ2) is 11.8. The van der Waals surface area contributed by atoms with Gasteiger partial charge in [-0.05, 0) is 19.3 Å². The third kappa shape index (κ3) is 7.68. The molecule has 0 radical (unpaired) electrons. The van der Waals surface area contributed by atoms with Crippen molar-refractivity contribution < 1.29 is 4.57 Å². The van der Waals surface area contributed by atoms with E-state index in [1.165, 1.54) is 89.4 Å². The first-order chi connectivity index (χ1) is 10.3. The summed E-state index contributed by atoms with van der Waals surface area (Å²) in [7, 11) is 2.18. The minimum absolute atomic E-state index is 1.20. The van der Waals surface area contributed by atoms with Crippen LogP contribution in [0.1, 0.15) is 90.3 Å². The van der Waals surface area contributed by atoms with Gasteiger partial charge < -0.3 is 0 Å². The molecule has 0 aromatic carbocycles. The van der Waals surface area contributed by atoms with Crippen LogP contribution < -0.4 is 4.57 Å². The molecule has 0 atom stereocenters. The fraction of sp³-hybridized carbons (Fsp3) is 0.842. The molecule has 2 heteroatoms. The number of nitrogens with zero attached hydrogens (tertiary/aromatic N) is 2. The first-order valence-corrected chi connectivity index (χ1v) is 9.33. The number of aryl methyl sites for hydroxylation is 2. The molecule has 0 aliphatic carbocycles. The van der Waals surface area contributed by atoms with Crippen LogP contribution >= 0.6 is 0 Å². The van der Waals surface area contributed by atoms with Gasteiger partial charge in [0.1, 0.15) is 12.4 Å². The number of rotatable bonds is 13. The molecule has 2 nitrogen and oxygen atoms in total. The Morgan fingerprint density at radius 2 is 1.38 bits per heavy atom. The maximum Gasteiger partial charge on any atom is 0.256 e. The zero-order valence-electron chi connectivity index (χ0n) is 14.7. The normalized spacial score (nSPS) is 11.2. The topological polar surface area (TPSA) is 8.81 Å². The number of hydrogen-bond donors (Lipinski definition) is 0. The molecule has 0 fully saturated rings. The molecule has 1 aromatic heterocycles. The molecule has 0 amide bonds. The average molecular weight is 294 g/mol. The van der Waals surface area contributed by atoms with Gasteiger partial charge in [0.05, 0.1) is 13.6 Å². The quantitative estimate of drug-likeness (QED) is 0.350. The van der Waals surface area contributed by atoms with Gasteiger partial charge in [0.25, 0.3) is 5.82 Å². The Kier molecular flexibility index (Phi) is 10.3. The van der Waals surface area contributed by atoms with Crippen LogP contribution in [-0.2, 0) is 20.0 Å². The van der Waals surface area contributed by atoms with Gasteiger partial charge in [0.2, 0.25) is 0 Å². The summed E-state index contributed by atoms with van der Waals surface area (Å²) in [6, 6.07) is 0. The van der Waals surface area contributed by atoms with Gasteiger partial charge in [-0.2, -0.15) is 0 Å². The maximum atomic E-state index is 2.47. The second-order valence-corrected chi connectivity index (χ2v) is 6.45. The van der Waals surface area contributed by atoms with E-state index in [1.54, 1.807) is 0 Å². The van der Waals surface area contributed by atoms with E-state index in [2.05, 4.69) is 42.4 Å². The highest BCUT2D eigenvalue weighted by Gasteiger charge is 2.12. The summed E-state index contributed by atoms with van der Waals surface area (Å²) in [5.41, 5.74) is 0. The predicted molar refractivity (Wildman–Crippen MR) is 91.4 cm³/mol. The van der Waals surface area contributed by atoms with E-state index in [0.29, 0.717) is 0 Å². The molecular weight excluding hydrogens is 256 g/mol. The van der Waals surface area contributed by atoms with Gasteiger partial charge >= 0.3 is 0 Å². The molecule has 1 aromatic rings. The molecule has 0 aliphatic rings. The van der Waals surface area contributed by atoms with Gasteiger partial charge in [-0.25, -0.2) is 9.13 Å². The first kappa shape index (κ1) is 18.3. The molecule has 0 unspecified atom stereocenters. The van der Waals surface area contributed by atoms with E-state index in [-0.39, 0.29) is 0 Å². The van der Waals surface area contributed by atoms with Crippen molar-refractivity contribution >= 4 is 0 Å². The Balaban J connectivity index is 2.10. The van der Waals surface area contributed by atoms with Crippen molar-refractivity contribution in [3.05, 3.63) is 18.2 Å². The number of hydrogen-bond acceptors (Lipinski definition) is 0. The fourth-order valence-corrected chi connectivity index (χ4v) is 3.01. The summed E-state index contributed by atoms with van der Waals surface area (Å²) in [6.45, 7) is 5.76. The van der Waals surface area contributed by atoms with Gasteiger partial charge in [-0.3, -0.25) is 0 Å². The molecule has 1 rings (SSSR count). The number of aromatic nitrogens is 2. The van der Waals surface area contributed by atoms with Crippen LogP contribution in [0.2, 0.25) is 0 Å². The van der Waals surface area contributed by atoms with E-state index in [4.69, 9.17) is 0 Å². The van der Waals surface area contributed by atoms with Crippen molar-refractivity contribution in [2.75, 3.05) is 0 Å². The molecule has 0 spiro atoms. The van der Waals surface area contributed by atoms with Crippen LogP contribution in [-0.4, -0.2) is 4.57 Å². The minimum Gasteiger partial charge on any atom is -0.237 e. The number of imidazole rings is 1. The van der Waals surface area contributed by atoms with Crippen molar-refractivity contribution in [3.63, 3.8) is 0 Å². The Morgan fingerprint density at radius 1 is 0.810 bits per heavy atom. The molecule has 0 aliphatic heterocycles. The zero-order chi connectivity index (χ0) is 15.3. The van der Waals surface area contributed by atoms with Crippen molar-refractivity contribution in [1.29, 1.82) is 0 Å². The Labute approximate surface area is 132 Å². The third-order valence-corrected chi connectivity index (χ3v) is 4.47. The van der Waals surface area contributed by atoms with Gasteiger partial charge in [-0.15, -0.1) is 0 Å². The first-order valence-electron chi connectivity index (χ1n) is 9.33. The average Bonchev–Trinajstić information content (AvgIpc) is 2.84. The summed E-state index contributed by atoms with van der Waals surface area (Å²) >= 11 is 0. The van der Waals surface area contributed by atoms with Gasteiger partial charge in [0.15, 0.2) is 0 Å². The maximum absolute atomic E-state index is 2.47. The van der Waals surface area contributed by atoms with Gasteiger partial charge in [0, 0.05) is 6.42 Å². The highest BCUT2D eigenvalue weighted by molar-refractivity contribution is 4.83. The van der Waals surface area contributed by atoms with Crippen LogP contribution in [0.25, 0.3) is 0 Å². The van der Waals surface area contributed by atoms with Gasteiger partial charge in [-0.1, -0.05) is 65.2 Å². The lowest BCUT2D eigenvalue weighted by Gasteiger charge is -2.03. The fourth-order valence-electron chi connectivity index (χ4n) is 3.01. The molecule has 0 bridgehead atoms. The van der Waals surface area contributed by atoms with Crippen LogP contribution in [0, 0.1) is 0 Å². The molecule has 0 N–H and O–H groups in total. The third-order valence-electron chi connectivity index (χ3n) is 4.47. The Bertz CT molecular complexity index is 354. The predicted octanol–water partition coefficient (Wildman–Crippen LogP) is 5.19. The van der Waals surface area contributed by atoms with Crippen LogP contribution in [0.5, 0.6) is 0 Å². The van der Waals surface area contributed by atoms with E-state index < -0.39 is 0 Å². The van der Waals surface area contributed by atoms with E-state index in [9.17, 15) is 0 Å². The molecule has 122 valence electrons. The lowest BCUT2D eigenvalue weighted by molar-refractivity contribution is -0.678. The molecule has 1 heterocycles.